The number of carbonyl (C=O) groups is 2. The van der Waals surface area contributed by atoms with Gasteiger partial charge in [-0.25, -0.2) is 0 Å². The molecule has 1 N–H and O–H groups in total. The fraction of sp³-hybridized carbons (Fsp3) is 0.333. The Balaban J connectivity index is 2.06. The number of aliphatic hydroxyl groups is 1. The monoisotopic (exact) mass is 448 g/mol. The molecule has 174 valence electrons. The van der Waals surface area contributed by atoms with Crippen LogP contribution < -0.4 is 4.74 Å². The fourth-order valence-electron chi connectivity index (χ4n) is 4.03. The predicted octanol–water partition coefficient (Wildman–Crippen LogP) is 4.24. The van der Waals surface area contributed by atoms with Crippen LogP contribution in [0, 0.1) is 13.8 Å². The van der Waals surface area contributed by atoms with E-state index in [2.05, 4.69) is 6.58 Å². The Morgan fingerprint density at radius 3 is 2.45 bits per heavy atom. The molecule has 0 saturated carbocycles. The average Bonchev–Trinajstić information content (AvgIpc) is 3.03. The number of Topliss-reactive ketones (excluding diaryl/α,β-unsaturated/α-hetero) is 1. The number of aliphatic hydroxyl groups excluding tert-OH is 1. The minimum Gasteiger partial charge on any atom is -0.507 e. The molecular formula is C27H32N2O4. The number of ketones is 1. The Morgan fingerprint density at radius 2 is 1.85 bits per heavy atom. The van der Waals surface area contributed by atoms with Gasteiger partial charge < -0.3 is 19.6 Å². The number of rotatable bonds is 9. The second-order valence-corrected chi connectivity index (χ2v) is 8.64. The van der Waals surface area contributed by atoms with Gasteiger partial charge in [0.15, 0.2) is 0 Å². The van der Waals surface area contributed by atoms with Gasteiger partial charge in [0.25, 0.3) is 11.7 Å². The second-order valence-electron chi connectivity index (χ2n) is 8.64. The average molecular weight is 449 g/mol. The molecule has 1 amide bonds. The third-order valence-corrected chi connectivity index (χ3v) is 5.74. The van der Waals surface area contributed by atoms with Crippen LogP contribution in [0.5, 0.6) is 5.75 Å². The summed E-state index contributed by atoms with van der Waals surface area (Å²) in [5.41, 5.74) is 3.28. The van der Waals surface area contributed by atoms with Crippen molar-refractivity contribution in [2.45, 2.75) is 26.3 Å². The van der Waals surface area contributed by atoms with Crippen molar-refractivity contribution in [3.8, 4) is 5.75 Å². The van der Waals surface area contributed by atoms with Crippen LogP contribution in [-0.4, -0.2) is 60.4 Å². The molecule has 1 aliphatic rings. The molecule has 2 aromatic rings. The first-order valence-electron chi connectivity index (χ1n) is 11.1. The van der Waals surface area contributed by atoms with E-state index in [1.54, 1.807) is 29.2 Å². The summed E-state index contributed by atoms with van der Waals surface area (Å²) in [5.74, 6) is -0.741. The number of hydrogen-bond donors (Lipinski definition) is 1. The number of carbonyl (C=O) groups excluding carboxylic acids is 2. The molecule has 0 aliphatic carbocycles. The SMILES string of the molecule is C=CCOc1ccc(C(O)=C2C(=O)C(=O)N(CCCN(C)C)C2c2ccc(C)cc2)cc1C. The van der Waals surface area contributed by atoms with Gasteiger partial charge in [-0.15, -0.1) is 0 Å². The van der Waals surface area contributed by atoms with E-state index in [1.165, 1.54) is 0 Å². The maximum atomic E-state index is 13.1. The lowest BCUT2D eigenvalue weighted by Crippen LogP contribution is -2.32. The summed E-state index contributed by atoms with van der Waals surface area (Å²) >= 11 is 0. The summed E-state index contributed by atoms with van der Waals surface area (Å²) in [6.07, 6.45) is 2.38. The van der Waals surface area contributed by atoms with Crippen LogP contribution in [0.25, 0.3) is 5.76 Å². The van der Waals surface area contributed by atoms with Crippen molar-refractivity contribution in [3.63, 3.8) is 0 Å². The number of likely N-dealkylation sites (tertiary alicyclic amines) is 1. The normalized spacial score (nSPS) is 17.6. The molecule has 0 bridgehead atoms. The fourth-order valence-corrected chi connectivity index (χ4v) is 4.03. The van der Waals surface area contributed by atoms with Gasteiger partial charge in [-0.05, 0) is 70.2 Å². The third kappa shape index (κ3) is 5.34. The number of amides is 1. The van der Waals surface area contributed by atoms with E-state index in [9.17, 15) is 14.7 Å². The van der Waals surface area contributed by atoms with E-state index in [0.717, 1.165) is 29.7 Å². The summed E-state index contributed by atoms with van der Waals surface area (Å²) in [6.45, 7) is 9.08. The van der Waals surface area contributed by atoms with Crippen molar-refractivity contribution >= 4 is 17.4 Å². The minimum atomic E-state index is -0.660. The largest absolute Gasteiger partial charge is 0.507 e. The van der Waals surface area contributed by atoms with Crippen molar-refractivity contribution in [2.24, 2.45) is 0 Å². The number of ether oxygens (including phenoxy) is 1. The predicted molar refractivity (Wildman–Crippen MR) is 130 cm³/mol. The number of nitrogens with zero attached hydrogens (tertiary/aromatic N) is 2. The minimum absolute atomic E-state index is 0.118. The molecule has 1 fully saturated rings. The molecule has 33 heavy (non-hydrogen) atoms. The highest BCUT2D eigenvalue weighted by Crippen LogP contribution is 2.40. The summed E-state index contributed by atoms with van der Waals surface area (Å²) in [6, 6.07) is 12.3. The van der Waals surface area contributed by atoms with Crippen LogP contribution in [0.15, 0.2) is 60.7 Å². The first-order chi connectivity index (χ1) is 15.7. The maximum absolute atomic E-state index is 13.1. The van der Waals surface area contributed by atoms with E-state index in [1.807, 2.05) is 57.1 Å². The first-order valence-corrected chi connectivity index (χ1v) is 11.1. The lowest BCUT2D eigenvalue weighted by Gasteiger charge is -2.26. The zero-order valence-corrected chi connectivity index (χ0v) is 19.8. The molecule has 1 aliphatic heterocycles. The van der Waals surface area contributed by atoms with Crippen molar-refractivity contribution in [2.75, 3.05) is 33.8 Å². The van der Waals surface area contributed by atoms with Crippen LogP contribution in [0.2, 0.25) is 0 Å². The molecular weight excluding hydrogens is 416 g/mol. The van der Waals surface area contributed by atoms with Gasteiger partial charge in [0, 0.05) is 12.1 Å². The smallest absolute Gasteiger partial charge is 0.295 e. The van der Waals surface area contributed by atoms with Crippen LogP contribution in [-0.2, 0) is 9.59 Å². The highest BCUT2D eigenvalue weighted by molar-refractivity contribution is 6.46. The molecule has 0 radical (unpaired) electrons. The van der Waals surface area contributed by atoms with Crippen molar-refractivity contribution < 1.29 is 19.4 Å². The highest BCUT2D eigenvalue weighted by atomic mass is 16.5. The highest BCUT2D eigenvalue weighted by Gasteiger charge is 2.45. The molecule has 6 nitrogen and oxygen atoms in total. The zero-order chi connectivity index (χ0) is 24.1. The van der Waals surface area contributed by atoms with Crippen molar-refractivity contribution in [3.05, 3.63) is 82.9 Å². The molecule has 3 rings (SSSR count). The van der Waals surface area contributed by atoms with E-state index >= 15 is 0 Å². The Bertz CT molecular complexity index is 1070. The van der Waals surface area contributed by atoms with E-state index in [-0.39, 0.29) is 11.3 Å². The molecule has 0 aromatic heterocycles. The molecule has 2 aromatic carbocycles. The quantitative estimate of drug-likeness (QED) is 0.269. The first kappa shape index (κ1) is 24.3. The second kappa shape index (κ2) is 10.5. The zero-order valence-electron chi connectivity index (χ0n) is 19.8. The van der Waals surface area contributed by atoms with E-state index in [4.69, 9.17) is 4.74 Å². The van der Waals surface area contributed by atoms with Gasteiger partial charge in [0.1, 0.15) is 18.1 Å². The number of benzene rings is 2. The molecule has 1 heterocycles. The molecule has 1 atom stereocenters. The summed E-state index contributed by atoms with van der Waals surface area (Å²) < 4.78 is 5.62. The van der Waals surface area contributed by atoms with Gasteiger partial charge in [-0.1, -0.05) is 42.5 Å². The van der Waals surface area contributed by atoms with Gasteiger partial charge in [-0.2, -0.15) is 0 Å². The third-order valence-electron chi connectivity index (χ3n) is 5.74. The van der Waals surface area contributed by atoms with Crippen LogP contribution in [0.4, 0.5) is 0 Å². The molecule has 1 unspecified atom stereocenters. The van der Waals surface area contributed by atoms with E-state index < -0.39 is 17.7 Å². The van der Waals surface area contributed by atoms with Crippen LogP contribution in [0.1, 0.15) is 34.7 Å². The van der Waals surface area contributed by atoms with Gasteiger partial charge in [0.05, 0.1) is 11.6 Å². The Labute approximate surface area is 195 Å². The van der Waals surface area contributed by atoms with Gasteiger partial charge >= 0.3 is 0 Å². The Hall–Kier alpha value is -3.38. The maximum Gasteiger partial charge on any atom is 0.295 e. The lowest BCUT2D eigenvalue weighted by atomic mass is 9.94. The molecule has 0 spiro atoms. The van der Waals surface area contributed by atoms with Crippen molar-refractivity contribution in [1.82, 2.24) is 9.80 Å². The Morgan fingerprint density at radius 1 is 1.15 bits per heavy atom. The standard InChI is InChI=1S/C27H32N2O4/c1-6-16-33-22-13-12-21(17-19(22)3)25(30)23-24(20-10-8-18(2)9-11-20)29(27(32)26(23)31)15-7-14-28(4)5/h6,8-13,17,24,30H,1,7,14-16H2,2-5H3. The molecule has 6 heteroatoms. The summed E-state index contributed by atoms with van der Waals surface area (Å²) in [7, 11) is 3.94. The van der Waals surface area contributed by atoms with Gasteiger partial charge in [-0.3, -0.25) is 9.59 Å². The van der Waals surface area contributed by atoms with Gasteiger partial charge in [0.2, 0.25) is 0 Å². The summed E-state index contributed by atoms with van der Waals surface area (Å²) in [4.78, 5) is 29.7. The number of aryl methyl sites for hydroxylation is 2. The van der Waals surface area contributed by atoms with Crippen molar-refractivity contribution in [1.29, 1.82) is 0 Å². The molecule has 1 saturated heterocycles. The van der Waals surface area contributed by atoms with Crippen LogP contribution in [0.3, 0.4) is 0 Å². The Kier molecular flexibility index (Phi) is 7.71. The topological polar surface area (TPSA) is 70.1 Å². The summed E-state index contributed by atoms with van der Waals surface area (Å²) in [5, 5.41) is 11.2. The number of hydrogen-bond acceptors (Lipinski definition) is 5. The van der Waals surface area contributed by atoms with E-state index in [0.29, 0.717) is 24.5 Å². The lowest BCUT2D eigenvalue weighted by molar-refractivity contribution is -0.139. The van der Waals surface area contributed by atoms with Crippen LogP contribution >= 0.6 is 0 Å².